The van der Waals surface area contributed by atoms with Crippen LogP contribution in [0, 0.1) is 11.3 Å². The topological polar surface area (TPSA) is 74.7 Å². The molecule has 0 bridgehead atoms. The second kappa shape index (κ2) is 4.18. The molecule has 0 spiro atoms. The number of nitrogens with zero attached hydrogens (tertiary/aromatic N) is 2. The first-order valence-electron chi connectivity index (χ1n) is 5.22. The Morgan fingerprint density at radius 2 is 2.20 bits per heavy atom. The third-order valence-corrected chi connectivity index (χ3v) is 2.73. The van der Waals surface area contributed by atoms with Crippen LogP contribution in [-0.2, 0) is 0 Å². The van der Waals surface area contributed by atoms with Crippen molar-refractivity contribution in [3.05, 3.63) is 17.8 Å². The van der Waals surface area contributed by atoms with Crippen molar-refractivity contribution in [3.8, 4) is 6.07 Å². The van der Waals surface area contributed by atoms with E-state index in [1.165, 1.54) is 12.8 Å². The molecular formula is C11H14N4. The van der Waals surface area contributed by atoms with Crippen LogP contribution in [0.1, 0.15) is 31.2 Å². The minimum atomic E-state index is 0.466. The van der Waals surface area contributed by atoms with Crippen molar-refractivity contribution in [2.45, 2.75) is 31.7 Å². The maximum absolute atomic E-state index is 8.93. The lowest BCUT2D eigenvalue weighted by molar-refractivity contribution is 0.750. The third-order valence-electron chi connectivity index (χ3n) is 2.73. The molecule has 0 aromatic carbocycles. The number of nitrogens with one attached hydrogen (secondary N) is 1. The lowest BCUT2D eigenvalue weighted by atomic mass is 10.2. The molecule has 1 aromatic rings. The normalized spacial score (nSPS) is 16.2. The molecule has 0 aliphatic heterocycles. The monoisotopic (exact) mass is 202 g/mol. The van der Waals surface area contributed by atoms with E-state index in [1.54, 1.807) is 12.3 Å². The number of anilines is 2. The van der Waals surface area contributed by atoms with Gasteiger partial charge in [-0.2, -0.15) is 5.26 Å². The first-order chi connectivity index (χ1) is 7.29. The Balaban J connectivity index is 2.16. The van der Waals surface area contributed by atoms with Gasteiger partial charge in [0.25, 0.3) is 0 Å². The van der Waals surface area contributed by atoms with Crippen LogP contribution in [0.3, 0.4) is 0 Å². The minimum absolute atomic E-state index is 0.466. The van der Waals surface area contributed by atoms with Crippen LogP contribution in [0.5, 0.6) is 0 Å². The maximum Gasteiger partial charge on any atom is 0.144 e. The van der Waals surface area contributed by atoms with Crippen LogP contribution in [0.4, 0.5) is 11.5 Å². The molecule has 1 aliphatic carbocycles. The summed E-state index contributed by atoms with van der Waals surface area (Å²) in [5, 5.41) is 12.2. The zero-order valence-electron chi connectivity index (χ0n) is 8.53. The highest BCUT2D eigenvalue weighted by atomic mass is 15.0. The van der Waals surface area contributed by atoms with Gasteiger partial charge in [0.05, 0.1) is 17.4 Å². The summed E-state index contributed by atoms with van der Waals surface area (Å²) in [5.74, 6) is 0.665. The lowest BCUT2D eigenvalue weighted by Gasteiger charge is -2.13. The average molecular weight is 202 g/mol. The fourth-order valence-electron chi connectivity index (χ4n) is 1.94. The molecule has 0 amide bonds. The van der Waals surface area contributed by atoms with Crippen molar-refractivity contribution in [3.63, 3.8) is 0 Å². The Morgan fingerprint density at radius 1 is 1.47 bits per heavy atom. The van der Waals surface area contributed by atoms with Crippen molar-refractivity contribution in [1.82, 2.24) is 4.98 Å². The number of hydrogen-bond donors (Lipinski definition) is 2. The molecule has 1 aliphatic rings. The van der Waals surface area contributed by atoms with Gasteiger partial charge in [0.1, 0.15) is 11.9 Å². The number of nitrogen functional groups attached to an aromatic ring is 1. The Labute approximate surface area is 89.1 Å². The van der Waals surface area contributed by atoms with Gasteiger partial charge in [0, 0.05) is 6.04 Å². The predicted octanol–water partition coefficient (Wildman–Crippen LogP) is 1.89. The summed E-state index contributed by atoms with van der Waals surface area (Å²) in [6.45, 7) is 0. The quantitative estimate of drug-likeness (QED) is 0.768. The van der Waals surface area contributed by atoms with Crippen molar-refractivity contribution in [2.75, 3.05) is 11.1 Å². The highest BCUT2D eigenvalue weighted by Gasteiger charge is 2.16. The molecular weight excluding hydrogens is 188 g/mol. The Bertz CT molecular complexity index is 388. The van der Waals surface area contributed by atoms with Crippen LogP contribution in [0.2, 0.25) is 0 Å². The van der Waals surface area contributed by atoms with Crippen molar-refractivity contribution in [2.24, 2.45) is 0 Å². The number of hydrogen-bond acceptors (Lipinski definition) is 4. The van der Waals surface area contributed by atoms with Crippen molar-refractivity contribution < 1.29 is 0 Å². The number of pyridine rings is 1. The number of nitriles is 1. The van der Waals surface area contributed by atoms with Gasteiger partial charge in [0.2, 0.25) is 0 Å². The zero-order valence-corrected chi connectivity index (χ0v) is 8.53. The van der Waals surface area contributed by atoms with E-state index >= 15 is 0 Å². The van der Waals surface area contributed by atoms with Gasteiger partial charge < -0.3 is 11.1 Å². The second-order valence-corrected chi connectivity index (χ2v) is 3.90. The van der Waals surface area contributed by atoms with Gasteiger partial charge in [0.15, 0.2) is 0 Å². The number of nitrogens with two attached hydrogens (primary N) is 1. The van der Waals surface area contributed by atoms with Crippen LogP contribution in [-0.4, -0.2) is 11.0 Å². The molecule has 1 heterocycles. The van der Waals surface area contributed by atoms with Crippen molar-refractivity contribution in [1.29, 1.82) is 5.26 Å². The van der Waals surface area contributed by atoms with Gasteiger partial charge in [-0.25, -0.2) is 4.98 Å². The van der Waals surface area contributed by atoms with E-state index in [4.69, 9.17) is 11.0 Å². The first-order valence-corrected chi connectivity index (χ1v) is 5.22. The molecule has 2 rings (SSSR count). The van der Waals surface area contributed by atoms with Crippen LogP contribution in [0.25, 0.3) is 0 Å². The van der Waals surface area contributed by atoms with Crippen LogP contribution < -0.4 is 11.1 Å². The summed E-state index contributed by atoms with van der Waals surface area (Å²) in [5.41, 5.74) is 6.63. The fourth-order valence-corrected chi connectivity index (χ4v) is 1.94. The van der Waals surface area contributed by atoms with E-state index in [0.29, 0.717) is 23.1 Å². The molecule has 4 heteroatoms. The van der Waals surface area contributed by atoms with Gasteiger partial charge in [-0.05, 0) is 18.9 Å². The fraction of sp³-hybridized carbons (Fsp3) is 0.455. The molecule has 0 saturated heterocycles. The summed E-state index contributed by atoms with van der Waals surface area (Å²) in [7, 11) is 0. The molecule has 0 radical (unpaired) electrons. The third kappa shape index (κ3) is 2.18. The zero-order chi connectivity index (χ0) is 10.7. The molecule has 1 saturated carbocycles. The highest BCUT2D eigenvalue weighted by molar-refractivity contribution is 5.57. The Morgan fingerprint density at radius 3 is 2.87 bits per heavy atom. The number of rotatable bonds is 2. The lowest BCUT2D eigenvalue weighted by Crippen LogP contribution is -2.16. The van der Waals surface area contributed by atoms with E-state index in [9.17, 15) is 0 Å². The summed E-state index contributed by atoms with van der Waals surface area (Å²) in [6, 6.07) is 4.23. The van der Waals surface area contributed by atoms with E-state index in [1.807, 2.05) is 0 Å². The molecule has 0 atom stereocenters. The summed E-state index contributed by atoms with van der Waals surface area (Å²) >= 11 is 0. The minimum Gasteiger partial charge on any atom is -0.397 e. The van der Waals surface area contributed by atoms with Gasteiger partial charge in [-0.15, -0.1) is 0 Å². The smallest absolute Gasteiger partial charge is 0.144 e. The van der Waals surface area contributed by atoms with E-state index in [2.05, 4.69) is 16.4 Å². The molecule has 4 nitrogen and oxygen atoms in total. The predicted molar refractivity (Wildman–Crippen MR) is 59.2 cm³/mol. The molecule has 78 valence electrons. The molecule has 15 heavy (non-hydrogen) atoms. The standard InChI is InChI=1S/C11H14N4/c12-6-8-5-9(13)7-14-11(8)15-10-3-1-2-4-10/h5,7,10H,1-4,13H2,(H,14,15). The van der Waals surface area contributed by atoms with Gasteiger partial charge >= 0.3 is 0 Å². The van der Waals surface area contributed by atoms with Gasteiger partial charge in [-0.3, -0.25) is 0 Å². The summed E-state index contributed by atoms with van der Waals surface area (Å²) in [4.78, 5) is 4.15. The Kier molecular flexibility index (Phi) is 2.72. The van der Waals surface area contributed by atoms with E-state index in [-0.39, 0.29) is 0 Å². The maximum atomic E-state index is 8.93. The van der Waals surface area contributed by atoms with Crippen LogP contribution >= 0.6 is 0 Å². The summed E-state index contributed by atoms with van der Waals surface area (Å²) in [6.07, 6.45) is 6.43. The molecule has 1 aromatic heterocycles. The van der Waals surface area contributed by atoms with Crippen molar-refractivity contribution >= 4 is 11.5 Å². The van der Waals surface area contributed by atoms with E-state index < -0.39 is 0 Å². The molecule has 1 fully saturated rings. The van der Waals surface area contributed by atoms with E-state index in [0.717, 1.165) is 12.8 Å². The largest absolute Gasteiger partial charge is 0.397 e. The first kappa shape index (κ1) is 9.78. The molecule has 0 unspecified atom stereocenters. The number of aromatic nitrogens is 1. The second-order valence-electron chi connectivity index (χ2n) is 3.90. The molecule has 3 N–H and O–H groups in total. The Hall–Kier alpha value is -1.76. The van der Waals surface area contributed by atoms with Gasteiger partial charge in [-0.1, -0.05) is 12.8 Å². The highest BCUT2D eigenvalue weighted by Crippen LogP contribution is 2.23. The van der Waals surface area contributed by atoms with Crippen LogP contribution in [0.15, 0.2) is 12.3 Å². The SMILES string of the molecule is N#Cc1cc(N)cnc1NC1CCCC1. The summed E-state index contributed by atoms with van der Waals surface area (Å²) < 4.78 is 0. The average Bonchev–Trinajstić information content (AvgIpc) is 2.73.